The van der Waals surface area contributed by atoms with E-state index in [4.69, 9.17) is 22.5 Å². The van der Waals surface area contributed by atoms with E-state index in [1.165, 1.54) is 0 Å². The average molecular weight is 349 g/mol. The van der Waals surface area contributed by atoms with E-state index < -0.39 is 5.54 Å². The van der Waals surface area contributed by atoms with Gasteiger partial charge < -0.3 is 16.3 Å². The first kappa shape index (κ1) is 15.8. The maximum Gasteiger partial charge on any atom is 0.253 e. The van der Waals surface area contributed by atoms with Gasteiger partial charge in [-0.15, -0.1) is 0 Å². The molecule has 1 aromatic carbocycles. The van der Waals surface area contributed by atoms with Crippen molar-refractivity contribution in [3.05, 3.63) is 33.3 Å². The minimum Gasteiger partial charge on any atom is -0.409 e. The van der Waals surface area contributed by atoms with E-state index in [2.05, 4.69) is 26.4 Å². The first-order valence-corrected chi connectivity index (χ1v) is 6.76. The zero-order chi connectivity index (χ0) is 14.6. The van der Waals surface area contributed by atoms with Crippen molar-refractivity contribution in [3.8, 4) is 0 Å². The van der Waals surface area contributed by atoms with E-state index in [0.717, 1.165) is 0 Å². The summed E-state index contributed by atoms with van der Waals surface area (Å²) in [5.74, 6) is -0.382. The van der Waals surface area contributed by atoms with Crippen molar-refractivity contribution in [1.29, 1.82) is 0 Å². The van der Waals surface area contributed by atoms with Crippen LogP contribution in [0.2, 0.25) is 5.02 Å². The summed E-state index contributed by atoms with van der Waals surface area (Å²) in [5.41, 5.74) is 5.12. The fourth-order valence-corrected chi connectivity index (χ4v) is 2.30. The van der Waals surface area contributed by atoms with Crippen LogP contribution in [0.25, 0.3) is 0 Å². The number of carbonyl (C=O) groups excluding carboxylic acids is 1. The van der Waals surface area contributed by atoms with Gasteiger partial charge in [0.2, 0.25) is 0 Å². The molecule has 0 fully saturated rings. The zero-order valence-electron chi connectivity index (χ0n) is 10.6. The van der Waals surface area contributed by atoms with Crippen LogP contribution in [0.15, 0.2) is 27.8 Å². The number of amidine groups is 1. The average Bonchev–Trinajstić information content (AvgIpc) is 2.37. The lowest BCUT2D eigenvalue weighted by atomic mass is 9.97. The summed E-state index contributed by atoms with van der Waals surface area (Å²) in [4.78, 5) is 12.2. The Morgan fingerprint density at radius 2 is 2.26 bits per heavy atom. The molecule has 5 nitrogen and oxygen atoms in total. The van der Waals surface area contributed by atoms with Crippen LogP contribution >= 0.6 is 27.5 Å². The van der Waals surface area contributed by atoms with Crippen molar-refractivity contribution >= 4 is 39.3 Å². The fraction of sp³-hybridized carbons (Fsp3) is 0.333. The number of halogens is 2. The van der Waals surface area contributed by atoms with Gasteiger partial charge in [-0.3, -0.25) is 4.79 Å². The van der Waals surface area contributed by atoms with E-state index in [9.17, 15) is 4.79 Å². The predicted octanol–water partition coefficient (Wildman–Crippen LogP) is 2.75. The number of nitrogens with two attached hydrogens (primary N) is 1. The van der Waals surface area contributed by atoms with Gasteiger partial charge in [0.25, 0.3) is 5.91 Å². The number of carbonyl (C=O) groups is 1. The Bertz CT molecular complexity index is 522. The van der Waals surface area contributed by atoms with Crippen molar-refractivity contribution in [3.63, 3.8) is 0 Å². The Kier molecular flexibility index (Phi) is 5.20. The maximum absolute atomic E-state index is 12.2. The first-order chi connectivity index (χ1) is 8.84. The number of oxime groups is 1. The van der Waals surface area contributed by atoms with Gasteiger partial charge in [0.1, 0.15) is 0 Å². The molecule has 19 heavy (non-hydrogen) atoms. The van der Waals surface area contributed by atoms with E-state index in [1.807, 2.05) is 6.92 Å². The molecule has 0 aromatic heterocycles. The van der Waals surface area contributed by atoms with Crippen LogP contribution in [0.5, 0.6) is 0 Å². The number of benzene rings is 1. The van der Waals surface area contributed by atoms with Gasteiger partial charge >= 0.3 is 0 Å². The second-order valence-corrected chi connectivity index (χ2v) is 5.54. The van der Waals surface area contributed by atoms with E-state index in [-0.39, 0.29) is 11.7 Å². The van der Waals surface area contributed by atoms with Crippen LogP contribution in [0.1, 0.15) is 30.6 Å². The van der Waals surface area contributed by atoms with Gasteiger partial charge in [-0.1, -0.05) is 23.7 Å². The molecule has 0 radical (unpaired) electrons. The molecule has 0 aliphatic heterocycles. The lowest BCUT2D eigenvalue weighted by Crippen LogP contribution is -2.55. The molecule has 1 unspecified atom stereocenters. The molecular formula is C12H15BrClN3O2. The van der Waals surface area contributed by atoms with Crippen molar-refractivity contribution < 1.29 is 10.0 Å². The third-order valence-electron chi connectivity index (χ3n) is 2.95. The molecule has 0 saturated carbocycles. The van der Waals surface area contributed by atoms with Crippen LogP contribution < -0.4 is 11.1 Å². The number of hydrogen-bond acceptors (Lipinski definition) is 3. The van der Waals surface area contributed by atoms with Crippen molar-refractivity contribution in [2.24, 2.45) is 10.9 Å². The van der Waals surface area contributed by atoms with E-state index in [1.54, 1.807) is 25.1 Å². The molecule has 1 aromatic rings. The molecule has 1 rings (SSSR count). The maximum atomic E-state index is 12.2. The summed E-state index contributed by atoms with van der Waals surface area (Å²) in [6, 6.07) is 4.85. The van der Waals surface area contributed by atoms with Gasteiger partial charge in [0.05, 0.1) is 11.1 Å². The molecule has 0 spiro atoms. The minimum absolute atomic E-state index is 0.0477. The van der Waals surface area contributed by atoms with Gasteiger partial charge in [-0.25, -0.2) is 0 Å². The number of rotatable bonds is 4. The summed E-state index contributed by atoms with van der Waals surface area (Å²) in [7, 11) is 0. The first-order valence-electron chi connectivity index (χ1n) is 5.59. The predicted molar refractivity (Wildman–Crippen MR) is 78.7 cm³/mol. The minimum atomic E-state index is -0.912. The highest BCUT2D eigenvalue weighted by Crippen LogP contribution is 2.22. The SMILES string of the molecule is CCC(C)(NC(=O)c1ccc(Cl)cc1Br)/C(N)=N/O. The lowest BCUT2D eigenvalue weighted by Gasteiger charge is -2.28. The molecule has 0 saturated heterocycles. The molecule has 0 bridgehead atoms. The summed E-state index contributed by atoms with van der Waals surface area (Å²) in [6.07, 6.45) is 0.486. The second-order valence-electron chi connectivity index (χ2n) is 4.25. The second kappa shape index (κ2) is 6.25. The van der Waals surface area contributed by atoms with Crippen LogP contribution in [0.3, 0.4) is 0 Å². The molecule has 104 valence electrons. The number of amides is 1. The molecule has 4 N–H and O–H groups in total. The van der Waals surface area contributed by atoms with Crippen LogP contribution in [-0.2, 0) is 0 Å². The monoisotopic (exact) mass is 347 g/mol. The van der Waals surface area contributed by atoms with Crippen LogP contribution in [0.4, 0.5) is 0 Å². The third kappa shape index (κ3) is 3.61. The largest absolute Gasteiger partial charge is 0.409 e. The highest BCUT2D eigenvalue weighted by molar-refractivity contribution is 9.10. The lowest BCUT2D eigenvalue weighted by molar-refractivity contribution is 0.0924. The molecular weight excluding hydrogens is 334 g/mol. The van der Waals surface area contributed by atoms with Gasteiger partial charge in [0.15, 0.2) is 5.84 Å². The topological polar surface area (TPSA) is 87.7 Å². The fourth-order valence-electron chi connectivity index (χ4n) is 1.44. The smallest absolute Gasteiger partial charge is 0.253 e. The van der Waals surface area contributed by atoms with Crippen LogP contribution in [0, 0.1) is 0 Å². The summed E-state index contributed by atoms with van der Waals surface area (Å²) >= 11 is 9.10. The molecule has 0 aliphatic rings. The highest BCUT2D eigenvalue weighted by atomic mass is 79.9. The number of nitrogens with one attached hydrogen (secondary N) is 1. The molecule has 1 amide bonds. The van der Waals surface area contributed by atoms with E-state index >= 15 is 0 Å². The summed E-state index contributed by atoms with van der Waals surface area (Å²) in [5, 5.41) is 15.0. The Hall–Kier alpha value is -1.27. The quantitative estimate of drug-likeness (QED) is 0.338. The van der Waals surface area contributed by atoms with Crippen molar-refractivity contribution in [2.75, 3.05) is 0 Å². The number of hydrogen-bond donors (Lipinski definition) is 3. The number of nitrogens with zero attached hydrogens (tertiary/aromatic N) is 1. The Morgan fingerprint density at radius 1 is 1.63 bits per heavy atom. The summed E-state index contributed by atoms with van der Waals surface area (Å²) < 4.78 is 0.579. The third-order valence-corrected chi connectivity index (χ3v) is 3.84. The molecule has 1 atom stereocenters. The van der Waals surface area contributed by atoms with Crippen molar-refractivity contribution in [2.45, 2.75) is 25.8 Å². The zero-order valence-corrected chi connectivity index (χ0v) is 12.9. The van der Waals surface area contributed by atoms with Crippen LogP contribution in [-0.4, -0.2) is 22.5 Å². The standard InChI is InChI=1S/C12H15BrClN3O2/c1-3-12(2,11(15)17-19)16-10(18)8-5-4-7(14)6-9(8)13/h4-6,19H,3H2,1-2H3,(H2,15,17)(H,16,18). The highest BCUT2D eigenvalue weighted by Gasteiger charge is 2.30. The Labute approximate surface area is 124 Å². The summed E-state index contributed by atoms with van der Waals surface area (Å²) in [6.45, 7) is 3.51. The van der Waals surface area contributed by atoms with Gasteiger partial charge in [0, 0.05) is 9.50 Å². The Balaban J connectivity index is 3.02. The Morgan fingerprint density at radius 3 is 2.74 bits per heavy atom. The van der Waals surface area contributed by atoms with Crippen molar-refractivity contribution in [1.82, 2.24) is 5.32 Å². The van der Waals surface area contributed by atoms with Gasteiger partial charge in [-0.05, 0) is 47.5 Å². The molecule has 0 heterocycles. The van der Waals surface area contributed by atoms with Gasteiger partial charge in [-0.2, -0.15) is 0 Å². The van der Waals surface area contributed by atoms with E-state index in [0.29, 0.717) is 21.5 Å². The molecule has 0 aliphatic carbocycles. The molecule has 7 heteroatoms. The normalized spacial score (nSPS) is 14.8.